The van der Waals surface area contributed by atoms with Gasteiger partial charge in [0, 0.05) is 37.8 Å². The Morgan fingerprint density at radius 1 is 1.00 bits per heavy atom. The van der Waals surface area contributed by atoms with Gasteiger partial charge in [0.2, 0.25) is 0 Å². The predicted molar refractivity (Wildman–Crippen MR) is 111 cm³/mol. The molecule has 0 spiro atoms. The summed E-state index contributed by atoms with van der Waals surface area (Å²) in [5.41, 5.74) is 0.380. The first-order valence-corrected chi connectivity index (χ1v) is 11.0. The van der Waals surface area contributed by atoms with Crippen LogP contribution in [0.25, 0.3) is 0 Å². The Morgan fingerprint density at radius 3 is 2.34 bits per heavy atom. The van der Waals surface area contributed by atoms with Crippen molar-refractivity contribution in [3.8, 4) is 0 Å². The molecule has 0 bridgehead atoms. The zero-order chi connectivity index (χ0) is 20.4. The van der Waals surface area contributed by atoms with Crippen LogP contribution < -0.4 is 0 Å². The first-order valence-electron chi connectivity index (χ1n) is 11.0. The third kappa shape index (κ3) is 4.36. The van der Waals surface area contributed by atoms with Crippen LogP contribution in [0.1, 0.15) is 70.3 Å². The minimum absolute atomic E-state index is 0.198. The van der Waals surface area contributed by atoms with E-state index in [2.05, 4.69) is 46.1 Å². The largest absolute Gasteiger partial charge is 0.298 e. The number of hydrogen-bond acceptors (Lipinski definition) is 5. The Bertz CT molecular complexity index is 800. The molecule has 1 atom stereocenters. The van der Waals surface area contributed by atoms with E-state index < -0.39 is 0 Å². The SMILES string of the molecule is CC(C)(C)n1nnnc1[C@H](c1ccccc1F)N1CCN(C2CCCCC2)CC1. The van der Waals surface area contributed by atoms with Gasteiger partial charge in [-0.25, -0.2) is 9.07 Å². The van der Waals surface area contributed by atoms with E-state index in [1.54, 1.807) is 6.07 Å². The lowest BCUT2D eigenvalue weighted by Gasteiger charge is -2.43. The lowest BCUT2D eigenvalue weighted by Crippen LogP contribution is -2.52. The third-order valence-corrected chi connectivity index (χ3v) is 6.38. The molecule has 29 heavy (non-hydrogen) atoms. The topological polar surface area (TPSA) is 50.1 Å². The maximum absolute atomic E-state index is 14.9. The molecule has 1 saturated carbocycles. The first kappa shape index (κ1) is 20.4. The summed E-state index contributed by atoms with van der Waals surface area (Å²) in [5.74, 6) is 0.518. The summed E-state index contributed by atoms with van der Waals surface area (Å²) in [4.78, 5) is 4.99. The highest BCUT2D eigenvalue weighted by molar-refractivity contribution is 5.27. The molecular formula is C22H33FN6. The molecule has 1 aliphatic heterocycles. The van der Waals surface area contributed by atoms with Crippen LogP contribution >= 0.6 is 0 Å². The number of nitrogens with zero attached hydrogens (tertiary/aromatic N) is 6. The smallest absolute Gasteiger partial charge is 0.173 e. The Kier molecular flexibility index (Phi) is 5.97. The fourth-order valence-corrected chi connectivity index (χ4v) is 4.85. The number of aromatic nitrogens is 4. The number of hydrogen-bond donors (Lipinski definition) is 0. The van der Waals surface area contributed by atoms with E-state index in [4.69, 9.17) is 0 Å². The van der Waals surface area contributed by atoms with Gasteiger partial charge < -0.3 is 0 Å². The maximum atomic E-state index is 14.9. The van der Waals surface area contributed by atoms with Crippen molar-refractivity contribution in [1.82, 2.24) is 30.0 Å². The van der Waals surface area contributed by atoms with Gasteiger partial charge in [-0.1, -0.05) is 37.5 Å². The summed E-state index contributed by atoms with van der Waals surface area (Å²) >= 11 is 0. The van der Waals surface area contributed by atoms with E-state index >= 15 is 0 Å². The highest BCUT2D eigenvalue weighted by Crippen LogP contribution is 2.33. The average Bonchev–Trinajstić information content (AvgIpc) is 3.21. The van der Waals surface area contributed by atoms with Crippen molar-refractivity contribution in [3.05, 3.63) is 41.5 Å². The summed E-state index contributed by atoms with van der Waals surface area (Å²) in [5, 5.41) is 12.6. The van der Waals surface area contributed by atoms with Crippen molar-refractivity contribution in [2.24, 2.45) is 0 Å². The van der Waals surface area contributed by atoms with E-state index in [-0.39, 0.29) is 17.4 Å². The van der Waals surface area contributed by atoms with E-state index in [0.29, 0.717) is 11.4 Å². The quantitative estimate of drug-likeness (QED) is 0.785. The van der Waals surface area contributed by atoms with Crippen molar-refractivity contribution >= 4 is 0 Å². The fraction of sp³-hybridized carbons (Fsp3) is 0.682. The molecule has 2 aromatic rings. The number of halogens is 1. The van der Waals surface area contributed by atoms with Gasteiger partial charge in [0.25, 0.3) is 0 Å². The van der Waals surface area contributed by atoms with Crippen LogP contribution in [-0.4, -0.2) is 62.2 Å². The second-order valence-corrected chi connectivity index (χ2v) is 9.41. The molecule has 1 aromatic carbocycles. The first-order chi connectivity index (χ1) is 13.9. The molecule has 158 valence electrons. The van der Waals surface area contributed by atoms with Gasteiger partial charge in [-0.05, 0) is 50.1 Å². The summed E-state index contributed by atoms with van der Waals surface area (Å²) < 4.78 is 16.7. The van der Waals surface area contributed by atoms with E-state index in [1.165, 1.54) is 38.2 Å². The molecule has 0 unspecified atom stereocenters. The monoisotopic (exact) mass is 400 g/mol. The Hall–Kier alpha value is -1.86. The molecule has 0 radical (unpaired) electrons. The van der Waals surface area contributed by atoms with Gasteiger partial charge in [0.05, 0.1) is 5.54 Å². The van der Waals surface area contributed by atoms with Gasteiger partial charge in [0.15, 0.2) is 5.82 Å². The molecule has 0 N–H and O–H groups in total. The normalized spacial score (nSPS) is 21.4. The van der Waals surface area contributed by atoms with Gasteiger partial charge in [0.1, 0.15) is 11.9 Å². The van der Waals surface area contributed by atoms with Gasteiger partial charge in [-0.15, -0.1) is 5.10 Å². The maximum Gasteiger partial charge on any atom is 0.173 e. The minimum Gasteiger partial charge on any atom is -0.298 e. The van der Waals surface area contributed by atoms with Crippen molar-refractivity contribution in [2.45, 2.75) is 70.5 Å². The number of piperazine rings is 1. The second-order valence-electron chi connectivity index (χ2n) is 9.41. The molecule has 1 saturated heterocycles. The average molecular weight is 401 g/mol. The van der Waals surface area contributed by atoms with E-state index in [0.717, 1.165) is 32.2 Å². The highest BCUT2D eigenvalue weighted by Gasteiger charge is 2.35. The predicted octanol–water partition coefficient (Wildman–Crippen LogP) is 3.61. The molecule has 6 nitrogen and oxygen atoms in total. The Morgan fingerprint density at radius 2 is 1.69 bits per heavy atom. The highest BCUT2D eigenvalue weighted by atomic mass is 19.1. The molecule has 1 aliphatic carbocycles. The Labute approximate surface area is 173 Å². The fourth-order valence-electron chi connectivity index (χ4n) is 4.85. The third-order valence-electron chi connectivity index (χ3n) is 6.38. The van der Waals surface area contributed by atoms with E-state index in [9.17, 15) is 4.39 Å². The van der Waals surface area contributed by atoms with Gasteiger partial charge in [-0.3, -0.25) is 9.80 Å². The van der Waals surface area contributed by atoms with Crippen LogP contribution in [0.15, 0.2) is 24.3 Å². The summed E-state index contributed by atoms with van der Waals surface area (Å²) in [7, 11) is 0. The lowest BCUT2D eigenvalue weighted by atomic mass is 9.93. The van der Waals surface area contributed by atoms with Crippen LogP contribution in [0.2, 0.25) is 0 Å². The minimum atomic E-state index is -0.279. The lowest BCUT2D eigenvalue weighted by molar-refractivity contribution is 0.0601. The van der Waals surface area contributed by atoms with E-state index in [1.807, 2.05) is 16.8 Å². The van der Waals surface area contributed by atoms with Gasteiger partial charge in [-0.2, -0.15) is 0 Å². The summed E-state index contributed by atoms with van der Waals surface area (Å²) in [6.07, 6.45) is 6.71. The van der Waals surface area contributed by atoms with Gasteiger partial charge >= 0.3 is 0 Å². The van der Waals surface area contributed by atoms with Crippen molar-refractivity contribution in [2.75, 3.05) is 26.2 Å². The standard InChI is InChI=1S/C22H33FN6/c1-22(2,3)29-21(24-25-26-29)20(18-11-7-8-12-19(18)23)28-15-13-27(14-16-28)17-9-5-4-6-10-17/h7-8,11-12,17,20H,4-6,9-10,13-16H2,1-3H3/t20-/m0/s1. The molecule has 2 fully saturated rings. The van der Waals surface area contributed by atoms with Crippen LogP contribution in [-0.2, 0) is 5.54 Å². The van der Waals surface area contributed by atoms with Crippen molar-refractivity contribution in [1.29, 1.82) is 0 Å². The molecule has 2 aliphatic rings. The summed E-state index contributed by atoms with van der Waals surface area (Å²) in [6.45, 7) is 10.1. The van der Waals surface area contributed by atoms with Crippen LogP contribution in [0.5, 0.6) is 0 Å². The Balaban J connectivity index is 1.61. The summed E-state index contributed by atoms with van der Waals surface area (Å²) in [6, 6.07) is 7.48. The zero-order valence-electron chi connectivity index (χ0n) is 17.9. The zero-order valence-corrected chi connectivity index (χ0v) is 17.9. The molecule has 7 heteroatoms. The van der Waals surface area contributed by atoms with Crippen LogP contribution in [0.4, 0.5) is 4.39 Å². The molecular weight excluding hydrogens is 367 g/mol. The number of tetrazole rings is 1. The molecule has 0 amide bonds. The van der Waals surface area contributed by atoms with Crippen molar-refractivity contribution in [3.63, 3.8) is 0 Å². The second kappa shape index (κ2) is 8.48. The molecule has 4 rings (SSSR count). The van der Waals surface area contributed by atoms with Crippen molar-refractivity contribution < 1.29 is 4.39 Å². The van der Waals surface area contributed by atoms with Crippen LogP contribution in [0.3, 0.4) is 0 Å². The molecule has 2 heterocycles. The number of benzene rings is 1. The molecule has 1 aromatic heterocycles. The number of rotatable bonds is 4. The van der Waals surface area contributed by atoms with Crippen LogP contribution in [0, 0.1) is 5.82 Å².